The van der Waals surface area contributed by atoms with E-state index in [9.17, 15) is 0 Å². The fourth-order valence-corrected chi connectivity index (χ4v) is 0.400. The smallest absolute Gasteiger partial charge is 0.138 e. The third-order valence-corrected chi connectivity index (χ3v) is 0.805. The van der Waals surface area contributed by atoms with E-state index in [1.54, 1.807) is 12.3 Å². The standard InChI is InChI=1S/C5H6N3/c1-6-5-2-3-7-8-4-5/h2-3H,1H3,(H,6,7). The van der Waals surface area contributed by atoms with Crippen molar-refractivity contribution in [1.29, 1.82) is 0 Å². The Morgan fingerprint density at radius 3 is 3.00 bits per heavy atom. The van der Waals surface area contributed by atoms with Gasteiger partial charge in [-0.25, -0.2) is 0 Å². The van der Waals surface area contributed by atoms with Crippen LogP contribution in [0.25, 0.3) is 0 Å². The molecule has 41 valence electrons. The molecule has 1 radical (unpaired) electrons. The predicted octanol–water partition coefficient (Wildman–Crippen LogP) is 0.318. The maximum Gasteiger partial charge on any atom is 0.138 e. The lowest BCUT2D eigenvalue weighted by molar-refractivity contribution is 1.02. The third-order valence-electron chi connectivity index (χ3n) is 0.805. The van der Waals surface area contributed by atoms with Crippen LogP contribution < -0.4 is 5.32 Å². The lowest BCUT2D eigenvalue weighted by Gasteiger charge is -1.91. The molecule has 0 aliphatic heterocycles. The zero-order valence-electron chi connectivity index (χ0n) is 4.55. The topological polar surface area (TPSA) is 37.8 Å². The average molecular weight is 108 g/mol. The van der Waals surface area contributed by atoms with Crippen LogP contribution in [-0.4, -0.2) is 17.2 Å². The summed E-state index contributed by atoms with van der Waals surface area (Å²) in [4.78, 5) is 0. The number of hydrogen-bond acceptors (Lipinski definition) is 3. The monoisotopic (exact) mass is 108 g/mol. The average Bonchev–Trinajstić information content (AvgIpc) is 1.90. The minimum atomic E-state index is 0.861. The zero-order chi connectivity index (χ0) is 5.82. The Hall–Kier alpha value is -1.12. The fourth-order valence-electron chi connectivity index (χ4n) is 0.400. The summed E-state index contributed by atoms with van der Waals surface area (Å²) in [6.07, 6.45) is 4.26. The van der Waals surface area contributed by atoms with Crippen molar-refractivity contribution in [1.82, 2.24) is 10.2 Å². The normalized spacial score (nSPS) is 8.62. The highest BCUT2D eigenvalue weighted by Gasteiger charge is 1.81. The van der Waals surface area contributed by atoms with Crippen LogP contribution in [0.4, 0.5) is 5.69 Å². The van der Waals surface area contributed by atoms with E-state index in [0.29, 0.717) is 0 Å². The first-order valence-electron chi connectivity index (χ1n) is 2.30. The number of hydrogen-bond donors (Lipinski definition) is 1. The van der Waals surface area contributed by atoms with Crippen LogP contribution in [0.3, 0.4) is 0 Å². The first kappa shape index (κ1) is 5.03. The Kier molecular flexibility index (Phi) is 1.42. The molecular formula is C5H6N3. The molecule has 0 aliphatic rings. The van der Waals surface area contributed by atoms with Gasteiger partial charge in [0.05, 0.1) is 11.9 Å². The molecule has 0 amide bonds. The maximum atomic E-state index is 3.55. The van der Waals surface area contributed by atoms with E-state index in [1.807, 2.05) is 7.05 Å². The number of anilines is 1. The van der Waals surface area contributed by atoms with Crippen molar-refractivity contribution in [2.45, 2.75) is 0 Å². The van der Waals surface area contributed by atoms with Gasteiger partial charge in [-0.05, 0) is 6.07 Å². The van der Waals surface area contributed by atoms with Gasteiger partial charge >= 0.3 is 0 Å². The molecule has 0 spiro atoms. The Balaban J connectivity index is 2.83. The second-order valence-corrected chi connectivity index (χ2v) is 1.31. The molecule has 0 atom stereocenters. The van der Waals surface area contributed by atoms with Crippen LogP contribution in [0.5, 0.6) is 0 Å². The van der Waals surface area contributed by atoms with Gasteiger partial charge in [0.15, 0.2) is 0 Å². The second-order valence-electron chi connectivity index (χ2n) is 1.31. The van der Waals surface area contributed by atoms with Gasteiger partial charge in [-0.1, -0.05) is 0 Å². The van der Waals surface area contributed by atoms with Crippen molar-refractivity contribution in [3.05, 3.63) is 18.5 Å². The first-order chi connectivity index (χ1) is 3.93. The Morgan fingerprint density at radius 1 is 1.75 bits per heavy atom. The van der Waals surface area contributed by atoms with Gasteiger partial charge in [0.25, 0.3) is 0 Å². The summed E-state index contributed by atoms with van der Waals surface area (Å²) in [6, 6.07) is 1.80. The SMILES string of the molecule is CNc1[c]nncc1. The maximum absolute atomic E-state index is 3.55. The lowest BCUT2D eigenvalue weighted by atomic mass is 10.5. The highest BCUT2D eigenvalue weighted by Crippen LogP contribution is 1.95. The number of nitrogens with one attached hydrogen (secondary N) is 1. The molecule has 8 heavy (non-hydrogen) atoms. The zero-order valence-corrected chi connectivity index (χ0v) is 4.55. The Bertz CT molecular complexity index is 149. The van der Waals surface area contributed by atoms with Gasteiger partial charge in [-0.15, -0.1) is 5.10 Å². The van der Waals surface area contributed by atoms with Crippen molar-refractivity contribution in [2.75, 3.05) is 12.4 Å². The molecule has 0 saturated carbocycles. The number of rotatable bonds is 1. The van der Waals surface area contributed by atoms with Gasteiger partial charge in [-0.3, -0.25) is 0 Å². The highest BCUT2D eigenvalue weighted by atomic mass is 15.1. The van der Waals surface area contributed by atoms with Crippen LogP contribution in [0, 0.1) is 6.20 Å². The molecule has 1 N–H and O–H groups in total. The molecule has 1 rings (SSSR count). The molecule has 3 nitrogen and oxygen atoms in total. The minimum Gasteiger partial charge on any atom is -0.386 e. The van der Waals surface area contributed by atoms with Gasteiger partial charge in [0.1, 0.15) is 6.20 Å². The summed E-state index contributed by atoms with van der Waals surface area (Å²) in [5.74, 6) is 0. The summed E-state index contributed by atoms with van der Waals surface area (Å²) >= 11 is 0. The van der Waals surface area contributed by atoms with Gasteiger partial charge in [0.2, 0.25) is 0 Å². The summed E-state index contributed by atoms with van der Waals surface area (Å²) in [5.41, 5.74) is 0.861. The molecule has 0 unspecified atom stereocenters. The van der Waals surface area contributed by atoms with E-state index in [0.717, 1.165) is 5.69 Å². The first-order valence-corrected chi connectivity index (χ1v) is 2.30. The molecule has 1 aromatic heterocycles. The molecule has 0 aromatic carbocycles. The Labute approximate surface area is 47.8 Å². The highest BCUT2D eigenvalue weighted by molar-refractivity contribution is 5.35. The molecular weight excluding hydrogens is 102 g/mol. The number of aromatic nitrogens is 2. The summed E-state index contributed by atoms with van der Waals surface area (Å²) in [5, 5.41) is 9.93. The van der Waals surface area contributed by atoms with Crippen molar-refractivity contribution in [2.24, 2.45) is 0 Å². The summed E-state index contributed by atoms with van der Waals surface area (Å²) < 4.78 is 0. The van der Waals surface area contributed by atoms with Crippen molar-refractivity contribution in [3.63, 3.8) is 0 Å². The van der Waals surface area contributed by atoms with Crippen molar-refractivity contribution < 1.29 is 0 Å². The van der Waals surface area contributed by atoms with E-state index in [2.05, 4.69) is 21.7 Å². The van der Waals surface area contributed by atoms with Gasteiger partial charge < -0.3 is 5.32 Å². The fraction of sp³-hybridized carbons (Fsp3) is 0.200. The van der Waals surface area contributed by atoms with Crippen molar-refractivity contribution >= 4 is 5.69 Å². The summed E-state index contributed by atoms with van der Waals surface area (Å²) in [7, 11) is 1.81. The molecule has 1 aromatic rings. The molecule has 0 fully saturated rings. The molecule has 0 bridgehead atoms. The van der Waals surface area contributed by atoms with Crippen LogP contribution in [0.15, 0.2) is 12.3 Å². The van der Waals surface area contributed by atoms with Crippen LogP contribution >= 0.6 is 0 Å². The van der Waals surface area contributed by atoms with Crippen LogP contribution in [0.1, 0.15) is 0 Å². The predicted molar refractivity (Wildman–Crippen MR) is 30.4 cm³/mol. The minimum absolute atomic E-state index is 0.861. The molecule has 1 heterocycles. The van der Waals surface area contributed by atoms with E-state index >= 15 is 0 Å². The molecule has 0 saturated heterocycles. The molecule has 3 heteroatoms. The molecule has 0 aliphatic carbocycles. The van der Waals surface area contributed by atoms with Crippen molar-refractivity contribution in [3.8, 4) is 0 Å². The van der Waals surface area contributed by atoms with E-state index in [-0.39, 0.29) is 0 Å². The van der Waals surface area contributed by atoms with E-state index in [4.69, 9.17) is 0 Å². The van der Waals surface area contributed by atoms with E-state index in [1.165, 1.54) is 0 Å². The van der Waals surface area contributed by atoms with Gasteiger partial charge in [-0.2, -0.15) is 5.10 Å². The van der Waals surface area contributed by atoms with E-state index < -0.39 is 0 Å². The third kappa shape index (κ3) is 0.932. The van der Waals surface area contributed by atoms with Gasteiger partial charge in [0, 0.05) is 7.05 Å². The summed E-state index contributed by atoms with van der Waals surface area (Å²) in [6.45, 7) is 0. The van der Waals surface area contributed by atoms with Crippen LogP contribution in [-0.2, 0) is 0 Å². The lowest BCUT2D eigenvalue weighted by Crippen LogP contribution is -1.88. The second kappa shape index (κ2) is 2.26. The van der Waals surface area contributed by atoms with Crippen LogP contribution in [0.2, 0.25) is 0 Å². The quantitative estimate of drug-likeness (QED) is 0.563. The largest absolute Gasteiger partial charge is 0.386 e. The Morgan fingerprint density at radius 2 is 2.62 bits per heavy atom. The number of nitrogens with zero attached hydrogens (tertiary/aromatic N) is 2.